The van der Waals surface area contributed by atoms with Gasteiger partial charge in [0.25, 0.3) is 0 Å². The number of nitrogens with two attached hydrogens (primary N) is 1. The van der Waals surface area contributed by atoms with Crippen molar-refractivity contribution in [3.8, 4) is 0 Å². The summed E-state index contributed by atoms with van der Waals surface area (Å²) in [5, 5.41) is 9.50. The maximum Gasteiger partial charge on any atom is 0.325 e. The fourth-order valence-electron chi connectivity index (χ4n) is 2.92. The topological polar surface area (TPSA) is 66.6 Å². The van der Waals surface area contributed by atoms with E-state index in [9.17, 15) is 9.90 Å². The van der Waals surface area contributed by atoms with E-state index >= 15 is 0 Å². The van der Waals surface area contributed by atoms with Gasteiger partial charge in [-0.25, -0.2) is 0 Å². The average molecular weight is 270 g/mol. The van der Waals surface area contributed by atoms with Gasteiger partial charge in [0.1, 0.15) is 5.54 Å². The van der Waals surface area contributed by atoms with E-state index in [2.05, 4.69) is 32.6 Å². The van der Waals surface area contributed by atoms with Crippen LogP contribution < -0.4 is 5.73 Å². The van der Waals surface area contributed by atoms with Crippen molar-refractivity contribution < 1.29 is 9.90 Å². The van der Waals surface area contributed by atoms with Crippen molar-refractivity contribution in [1.82, 2.24) is 4.90 Å². The zero-order valence-corrected chi connectivity index (χ0v) is 12.9. The molecule has 1 aliphatic carbocycles. The molecule has 1 rings (SSSR count). The Morgan fingerprint density at radius 2 is 1.89 bits per heavy atom. The highest BCUT2D eigenvalue weighted by Gasteiger charge is 2.49. The molecule has 0 amide bonds. The number of rotatable bonds is 9. The Morgan fingerprint density at radius 1 is 1.37 bits per heavy atom. The number of nitrogens with zero attached hydrogens (tertiary/aromatic N) is 1. The smallest absolute Gasteiger partial charge is 0.325 e. The summed E-state index contributed by atoms with van der Waals surface area (Å²) < 4.78 is 0. The van der Waals surface area contributed by atoms with Crippen LogP contribution in [0.2, 0.25) is 0 Å². The van der Waals surface area contributed by atoms with Crippen molar-refractivity contribution in [2.45, 2.75) is 65.0 Å². The predicted molar refractivity (Wildman–Crippen MR) is 78.1 cm³/mol. The number of aliphatic carboxylic acids is 1. The molecule has 4 heteroatoms. The van der Waals surface area contributed by atoms with Crippen LogP contribution in [0.5, 0.6) is 0 Å². The van der Waals surface area contributed by atoms with Gasteiger partial charge in [-0.05, 0) is 37.5 Å². The lowest BCUT2D eigenvalue weighted by molar-refractivity contribution is -0.145. The highest BCUT2D eigenvalue weighted by molar-refractivity contribution is 5.79. The molecule has 0 spiro atoms. The van der Waals surface area contributed by atoms with Gasteiger partial charge >= 0.3 is 5.97 Å². The summed E-state index contributed by atoms with van der Waals surface area (Å²) in [5.41, 5.74) is 5.17. The molecule has 1 atom stereocenters. The summed E-state index contributed by atoms with van der Waals surface area (Å²) in [5.74, 6) is -0.151. The van der Waals surface area contributed by atoms with Crippen molar-refractivity contribution in [1.29, 1.82) is 0 Å². The highest BCUT2D eigenvalue weighted by atomic mass is 16.4. The van der Waals surface area contributed by atoms with Gasteiger partial charge in [-0.1, -0.05) is 27.7 Å². The van der Waals surface area contributed by atoms with E-state index in [-0.39, 0.29) is 5.92 Å². The van der Waals surface area contributed by atoms with Crippen LogP contribution in [-0.2, 0) is 4.79 Å². The number of hydrogen-bond donors (Lipinski definition) is 2. The third-order valence-corrected chi connectivity index (χ3v) is 4.23. The first-order valence-corrected chi connectivity index (χ1v) is 7.61. The molecule has 1 unspecified atom stereocenters. The Bertz CT molecular complexity index is 299. The van der Waals surface area contributed by atoms with Crippen LogP contribution in [0.25, 0.3) is 0 Å². The summed E-state index contributed by atoms with van der Waals surface area (Å²) in [4.78, 5) is 13.9. The van der Waals surface area contributed by atoms with Gasteiger partial charge in [0.15, 0.2) is 0 Å². The van der Waals surface area contributed by atoms with Crippen molar-refractivity contribution in [3.63, 3.8) is 0 Å². The second kappa shape index (κ2) is 6.71. The molecule has 0 aromatic heterocycles. The Morgan fingerprint density at radius 3 is 2.21 bits per heavy atom. The summed E-state index contributed by atoms with van der Waals surface area (Å²) in [6.45, 7) is 10.1. The van der Waals surface area contributed by atoms with Gasteiger partial charge < -0.3 is 10.8 Å². The van der Waals surface area contributed by atoms with Crippen molar-refractivity contribution >= 4 is 5.97 Å². The van der Waals surface area contributed by atoms with Crippen molar-refractivity contribution in [3.05, 3.63) is 0 Å². The monoisotopic (exact) mass is 270 g/mol. The first-order chi connectivity index (χ1) is 8.85. The van der Waals surface area contributed by atoms with Crippen molar-refractivity contribution in [2.24, 2.45) is 17.6 Å². The average Bonchev–Trinajstić information content (AvgIpc) is 3.13. The molecule has 19 heavy (non-hydrogen) atoms. The fraction of sp³-hybridized carbons (Fsp3) is 0.933. The minimum absolute atomic E-state index is 0.161. The fourth-order valence-corrected chi connectivity index (χ4v) is 2.92. The van der Waals surface area contributed by atoms with Gasteiger partial charge in [-0.2, -0.15) is 0 Å². The maximum atomic E-state index is 11.6. The number of carboxylic acids is 1. The van der Waals surface area contributed by atoms with E-state index in [0.29, 0.717) is 18.5 Å². The van der Waals surface area contributed by atoms with Gasteiger partial charge in [-0.15, -0.1) is 0 Å². The van der Waals surface area contributed by atoms with Crippen LogP contribution >= 0.6 is 0 Å². The van der Waals surface area contributed by atoms with Crippen LogP contribution in [0.4, 0.5) is 0 Å². The number of carboxylic acid groups (broad SMARTS) is 1. The highest BCUT2D eigenvalue weighted by Crippen LogP contribution is 2.39. The van der Waals surface area contributed by atoms with E-state index in [1.165, 1.54) is 0 Å². The molecule has 0 saturated heterocycles. The normalized spacial score (nSPS) is 19.2. The molecule has 0 radical (unpaired) electrons. The van der Waals surface area contributed by atoms with Crippen molar-refractivity contribution in [2.75, 3.05) is 13.1 Å². The lowest BCUT2D eigenvalue weighted by atomic mass is 9.92. The molecule has 1 aliphatic rings. The lowest BCUT2D eigenvalue weighted by Crippen LogP contribution is -2.59. The molecule has 3 N–H and O–H groups in total. The van der Waals surface area contributed by atoms with Gasteiger partial charge in [-0.3, -0.25) is 9.69 Å². The van der Waals surface area contributed by atoms with E-state index in [4.69, 9.17) is 5.73 Å². The zero-order valence-electron chi connectivity index (χ0n) is 12.9. The molecule has 0 bridgehead atoms. The first-order valence-electron chi connectivity index (χ1n) is 7.61. The zero-order chi connectivity index (χ0) is 14.6. The van der Waals surface area contributed by atoms with E-state index < -0.39 is 11.5 Å². The summed E-state index contributed by atoms with van der Waals surface area (Å²) in [6.07, 6.45) is 4.01. The van der Waals surface area contributed by atoms with Gasteiger partial charge in [0.05, 0.1) is 0 Å². The Hall–Kier alpha value is -0.610. The summed E-state index contributed by atoms with van der Waals surface area (Å²) in [6, 6.07) is 0.434. The molecule has 112 valence electrons. The largest absolute Gasteiger partial charge is 0.480 e. The number of carbonyl (C=O) groups is 1. The minimum atomic E-state index is -1.06. The van der Waals surface area contributed by atoms with Crippen LogP contribution in [0.15, 0.2) is 0 Å². The Labute approximate surface area is 117 Å². The second-order valence-electron chi connectivity index (χ2n) is 6.41. The molecule has 0 aromatic rings. The predicted octanol–water partition coefficient (Wildman–Crippen LogP) is 2.33. The lowest BCUT2D eigenvalue weighted by Gasteiger charge is -2.38. The molecule has 1 saturated carbocycles. The van der Waals surface area contributed by atoms with Crippen LogP contribution in [0, 0.1) is 11.8 Å². The SMILES string of the molecule is CCC(CC)N(CC(C)C)CC(N)(C(=O)O)C1CC1. The molecular formula is C15H30N2O2. The quantitative estimate of drug-likeness (QED) is 0.675. The molecule has 0 aromatic carbocycles. The molecular weight excluding hydrogens is 240 g/mol. The van der Waals surface area contributed by atoms with Crippen LogP contribution in [0.3, 0.4) is 0 Å². The summed E-state index contributed by atoms with van der Waals surface area (Å²) in [7, 11) is 0. The first kappa shape index (κ1) is 16.4. The minimum Gasteiger partial charge on any atom is -0.480 e. The molecule has 0 heterocycles. The van der Waals surface area contributed by atoms with E-state index in [1.54, 1.807) is 0 Å². The standard InChI is InChI=1S/C15H30N2O2/c1-5-13(6-2)17(9-11(3)4)10-15(16,14(18)19)12-7-8-12/h11-13H,5-10,16H2,1-4H3,(H,18,19). The third-order valence-electron chi connectivity index (χ3n) is 4.23. The number of hydrogen-bond acceptors (Lipinski definition) is 3. The molecule has 4 nitrogen and oxygen atoms in total. The Balaban J connectivity index is 2.82. The second-order valence-corrected chi connectivity index (χ2v) is 6.41. The van der Waals surface area contributed by atoms with Crippen LogP contribution in [0.1, 0.15) is 53.4 Å². The van der Waals surface area contributed by atoms with Gasteiger partial charge in [0.2, 0.25) is 0 Å². The molecule has 1 fully saturated rings. The van der Waals surface area contributed by atoms with E-state index in [1.807, 2.05) is 0 Å². The van der Waals surface area contributed by atoms with E-state index in [0.717, 1.165) is 32.2 Å². The third kappa shape index (κ3) is 4.18. The van der Waals surface area contributed by atoms with Crippen LogP contribution in [-0.4, -0.2) is 40.6 Å². The summed E-state index contributed by atoms with van der Waals surface area (Å²) >= 11 is 0. The Kier molecular flexibility index (Phi) is 5.81. The molecule has 0 aliphatic heterocycles. The van der Waals surface area contributed by atoms with Gasteiger partial charge in [0, 0.05) is 19.1 Å². The maximum absolute atomic E-state index is 11.6.